The summed E-state index contributed by atoms with van der Waals surface area (Å²) >= 11 is 12.1. The smallest absolute Gasteiger partial charge is 0.341 e. The molecule has 0 radical (unpaired) electrons. The van der Waals surface area contributed by atoms with Gasteiger partial charge in [-0.1, -0.05) is 30.1 Å². The van der Waals surface area contributed by atoms with Gasteiger partial charge in [-0.15, -0.1) is 0 Å². The van der Waals surface area contributed by atoms with Gasteiger partial charge in [0.05, 0.1) is 5.02 Å². The van der Waals surface area contributed by atoms with E-state index in [0.29, 0.717) is 12.0 Å². The molecular formula is C13H12Cl2O4. The second-order valence-electron chi connectivity index (χ2n) is 4.39. The summed E-state index contributed by atoms with van der Waals surface area (Å²) in [5, 5.41) is 8.84. The number of ketones is 1. The molecule has 1 unspecified atom stereocenters. The van der Waals surface area contributed by atoms with E-state index < -0.39 is 12.6 Å². The van der Waals surface area contributed by atoms with Crippen molar-refractivity contribution in [3.63, 3.8) is 0 Å². The van der Waals surface area contributed by atoms with E-state index in [1.165, 1.54) is 0 Å². The molecule has 0 aromatic heterocycles. The Hall–Kier alpha value is -1.26. The Labute approximate surface area is 120 Å². The number of hydrogen-bond acceptors (Lipinski definition) is 3. The molecule has 4 nitrogen and oxygen atoms in total. The van der Waals surface area contributed by atoms with Gasteiger partial charge in [0.25, 0.3) is 0 Å². The summed E-state index contributed by atoms with van der Waals surface area (Å²) < 4.78 is 5.08. The van der Waals surface area contributed by atoms with E-state index >= 15 is 0 Å². The lowest BCUT2D eigenvalue weighted by Crippen LogP contribution is -2.10. The Morgan fingerprint density at radius 3 is 2.74 bits per heavy atom. The van der Waals surface area contributed by atoms with Crippen LogP contribution >= 0.6 is 23.2 Å². The number of carbonyl (C=O) groups is 2. The maximum atomic E-state index is 12.1. The van der Waals surface area contributed by atoms with Gasteiger partial charge < -0.3 is 9.84 Å². The molecule has 19 heavy (non-hydrogen) atoms. The first kappa shape index (κ1) is 14.2. The maximum absolute atomic E-state index is 12.1. The molecule has 0 saturated carbocycles. The van der Waals surface area contributed by atoms with Crippen molar-refractivity contribution in [2.45, 2.75) is 19.8 Å². The van der Waals surface area contributed by atoms with Crippen LogP contribution in [0.2, 0.25) is 10.0 Å². The first-order valence-electron chi connectivity index (χ1n) is 5.85. The number of ether oxygens (including phenoxy) is 1. The molecule has 102 valence electrons. The summed E-state index contributed by atoms with van der Waals surface area (Å²) in [7, 11) is 0. The lowest BCUT2D eigenvalue weighted by Gasteiger charge is -2.10. The Kier molecular flexibility index (Phi) is 4.02. The van der Waals surface area contributed by atoms with Crippen LogP contribution in [0.1, 0.15) is 29.3 Å². The molecule has 1 aliphatic carbocycles. The van der Waals surface area contributed by atoms with Crippen molar-refractivity contribution in [2.75, 3.05) is 6.61 Å². The van der Waals surface area contributed by atoms with Crippen molar-refractivity contribution in [3.8, 4) is 5.75 Å². The molecule has 0 aliphatic heterocycles. The van der Waals surface area contributed by atoms with E-state index in [-0.39, 0.29) is 27.5 Å². The van der Waals surface area contributed by atoms with Crippen LogP contribution in [0.5, 0.6) is 5.75 Å². The van der Waals surface area contributed by atoms with Crippen LogP contribution in [0.4, 0.5) is 0 Å². The molecule has 1 aromatic rings. The molecule has 1 atom stereocenters. The third-order valence-electron chi connectivity index (χ3n) is 3.18. The average molecular weight is 303 g/mol. The molecule has 2 rings (SSSR count). The van der Waals surface area contributed by atoms with Crippen LogP contribution in [0, 0.1) is 5.92 Å². The Morgan fingerprint density at radius 1 is 1.47 bits per heavy atom. The summed E-state index contributed by atoms with van der Waals surface area (Å²) in [6.07, 6.45) is 1.32. The van der Waals surface area contributed by atoms with E-state index in [2.05, 4.69) is 0 Å². The van der Waals surface area contributed by atoms with E-state index in [1.54, 1.807) is 6.07 Å². The van der Waals surface area contributed by atoms with Gasteiger partial charge in [-0.05, 0) is 24.5 Å². The van der Waals surface area contributed by atoms with Crippen molar-refractivity contribution in [1.29, 1.82) is 0 Å². The molecule has 0 saturated heterocycles. The van der Waals surface area contributed by atoms with Crippen LogP contribution in [0.15, 0.2) is 6.07 Å². The number of fused-ring (bicyclic) bond motifs is 1. The number of carbonyl (C=O) groups excluding carboxylic acids is 1. The van der Waals surface area contributed by atoms with Crippen molar-refractivity contribution < 1.29 is 19.4 Å². The molecular weight excluding hydrogens is 291 g/mol. The summed E-state index contributed by atoms with van der Waals surface area (Å²) in [6, 6.07) is 1.61. The molecule has 0 amide bonds. The first-order valence-corrected chi connectivity index (χ1v) is 6.61. The highest BCUT2D eigenvalue weighted by atomic mass is 35.5. The number of halogens is 2. The highest BCUT2D eigenvalue weighted by Gasteiger charge is 2.33. The molecule has 1 aliphatic rings. The van der Waals surface area contributed by atoms with Gasteiger partial charge in [0.1, 0.15) is 10.8 Å². The van der Waals surface area contributed by atoms with Crippen molar-refractivity contribution in [1.82, 2.24) is 0 Å². The zero-order valence-corrected chi connectivity index (χ0v) is 11.7. The minimum Gasteiger partial charge on any atom is -0.480 e. The van der Waals surface area contributed by atoms with Crippen LogP contribution in [-0.2, 0) is 11.2 Å². The number of carboxylic acid groups (broad SMARTS) is 1. The highest BCUT2D eigenvalue weighted by Crippen LogP contribution is 2.42. The van der Waals surface area contributed by atoms with Crippen molar-refractivity contribution >= 4 is 35.0 Å². The predicted octanol–water partition coefficient (Wildman–Crippen LogP) is 3.22. The average Bonchev–Trinajstić information content (AvgIpc) is 2.68. The van der Waals surface area contributed by atoms with Gasteiger partial charge in [0, 0.05) is 11.5 Å². The van der Waals surface area contributed by atoms with Gasteiger partial charge in [-0.3, -0.25) is 4.79 Å². The number of rotatable bonds is 4. The molecule has 6 heteroatoms. The minimum atomic E-state index is -1.10. The van der Waals surface area contributed by atoms with E-state index in [9.17, 15) is 9.59 Å². The number of Topliss-reactive ketones (excluding diaryl/α,β-unsaturated/α-hetero) is 1. The van der Waals surface area contributed by atoms with Gasteiger partial charge in [-0.2, -0.15) is 0 Å². The third-order valence-corrected chi connectivity index (χ3v) is 4.03. The van der Waals surface area contributed by atoms with Gasteiger partial charge in [-0.25, -0.2) is 4.79 Å². The fourth-order valence-corrected chi connectivity index (χ4v) is 2.73. The minimum absolute atomic E-state index is 0.00538. The number of aliphatic carboxylic acids is 1. The van der Waals surface area contributed by atoms with Gasteiger partial charge >= 0.3 is 5.97 Å². The van der Waals surface area contributed by atoms with Crippen LogP contribution in [0.25, 0.3) is 0 Å². The summed E-state index contributed by atoms with van der Waals surface area (Å²) in [4.78, 5) is 22.6. The van der Waals surface area contributed by atoms with Crippen molar-refractivity contribution in [3.05, 3.63) is 27.2 Å². The lowest BCUT2D eigenvalue weighted by molar-refractivity contribution is -0.139. The zero-order valence-electron chi connectivity index (χ0n) is 10.2. The first-order chi connectivity index (χ1) is 8.95. The SMILES string of the molecule is CCC1Cc2cc(OCC(=O)O)c(Cl)c(Cl)c2C1=O. The fourth-order valence-electron chi connectivity index (χ4n) is 2.22. The monoisotopic (exact) mass is 302 g/mol. The topological polar surface area (TPSA) is 63.6 Å². The third kappa shape index (κ3) is 2.55. The maximum Gasteiger partial charge on any atom is 0.341 e. The number of benzene rings is 1. The van der Waals surface area contributed by atoms with Gasteiger partial charge in [0.15, 0.2) is 12.4 Å². The Balaban J connectivity index is 2.40. The Bertz CT molecular complexity index is 554. The highest BCUT2D eigenvalue weighted by molar-refractivity contribution is 6.45. The molecule has 0 heterocycles. The molecule has 1 aromatic carbocycles. The summed E-state index contributed by atoms with van der Waals surface area (Å²) in [5.74, 6) is -0.986. The Morgan fingerprint density at radius 2 is 2.16 bits per heavy atom. The van der Waals surface area contributed by atoms with Crippen LogP contribution in [0.3, 0.4) is 0 Å². The predicted molar refractivity (Wildman–Crippen MR) is 71.4 cm³/mol. The molecule has 1 N–H and O–H groups in total. The van der Waals surface area contributed by atoms with Crippen LogP contribution in [-0.4, -0.2) is 23.5 Å². The molecule has 0 bridgehead atoms. The van der Waals surface area contributed by atoms with Crippen LogP contribution < -0.4 is 4.74 Å². The molecule has 0 fully saturated rings. The number of carboxylic acids is 1. The zero-order chi connectivity index (χ0) is 14.2. The quantitative estimate of drug-likeness (QED) is 0.927. The fraction of sp³-hybridized carbons (Fsp3) is 0.385. The molecule has 0 spiro atoms. The van der Waals surface area contributed by atoms with E-state index in [1.807, 2.05) is 6.92 Å². The van der Waals surface area contributed by atoms with Gasteiger partial charge in [0.2, 0.25) is 0 Å². The lowest BCUT2D eigenvalue weighted by atomic mass is 10.0. The van der Waals surface area contributed by atoms with E-state index in [0.717, 1.165) is 12.0 Å². The normalized spacial score (nSPS) is 17.4. The number of hydrogen-bond donors (Lipinski definition) is 1. The van der Waals surface area contributed by atoms with Crippen molar-refractivity contribution in [2.24, 2.45) is 5.92 Å². The largest absolute Gasteiger partial charge is 0.480 e. The standard InChI is InChI=1S/C13H12Cl2O4/c1-2-6-3-7-4-8(19-5-9(16)17)11(14)12(15)10(7)13(6)18/h4,6H,2-3,5H2,1H3,(H,16,17). The van der Waals surface area contributed by atoms with E-state index in [4.69, 9.17) is 33.0 Å². The second-order valence-corrected chi connectivity index (χ2v) is 5.15. The summed E-state index contributed by atoms with van der Waals surface area (Å²) in [5.41, 5.74) is 1.22. The summed E-state index contributed by atoms with van der Waals surface area (Å²) in [6.45, 7) is 1.44. The second kappa shape index (κ2) is 5.39.